The van der Waals surface area contributed by atoms with E-state index >= 15 is 0 Å². The van der Waals surface area contributed by atoms with Gasteiger partial charge in [0.15, 0.2) is 0 Å². The molecule has 0 aliphatic carbocycles. The summed E-state index contributed by atoms with van der Waals surface area (Å²) in [5.74, 6) is -1.35. The summed E-state index contributed by atoms with van der Waals surface area (Å²) >= 11 is 0. The van der Waals surface area contributed by atoms with Gasteiger partial charge >= 0.3 is 7.12 Å². The number of carbonyl (C=O) groups excluding carboxylic acids is 2. The van der Waals surface area contributed by atoms with Crippen molar-refractivity contribution in [3.8, 4) is 16.9 Å². The predicted molar refractivity (Wildman–Crippen MR) is 175 cm³/mol. The molecule has 0 fully saturated rings. The lowest BCUT2D eigenvalue weighted by Gasteiger charge is -2.28. The molecule has 0 heterocycles. The average Bonchev–Trinajstić information content (AvgIpc) is 3.04. The van der Waals surface area contributed by atoms with Gasteiger partial charge in [-0.15, -0.1) is 0 Å². The number of hydrogen-bond donors (Lipinski definition) is 5. The maximum atomic E-state index is 13.9. The minimum atomic E-state index is -1.77. The van der Waals surface area contributed by atoms with Gasteiger partial charge in [0.25, 0.3) is 0 Å². The van der Waals surface area contributed by atoms with Gasteiger partial charge in [-0.25, -0.2) is 0 Å². The van der Waals surface area contributed by atoms with Gasteiger partial charge < -0.3 is 30.7 Å². The van der Waals surface area contributed by atoms with E-state index in [0.29, 0.717) is 12.2 Å². The summed E-state index contributed by atoms with van der Waals surface area (Å²) in [5, 5.41) is 29.1. The molecule has 0 aromatic heterocycles. The number of hydrogen-bond acceptors (Lipinski definition) is 6. The molecule has 5 N–H and O–H groups in total. The van der Waals surface area contributed by atoms with Crippen LogP contribution in [0, 0.1) is 5.92 Å². The van der Waals surface area contributed by atoms with Gasteiger partial charge in [-0.1, -0.05) is 98.8 Å². The van der Waals surface area contributed by atoms with Crippen molar-refractivity contribution in [2.24, 2.45) is 5.92 Å². The fourth-order valence-electron chi connectivity index (χ4n) is 4.99. The van der Waals surface area contributed by atoms with Crippen molar-refractivity contribution in [2.45, 2.75) is 44.7 Å². The summed E-state index contributed by atoms with van der Waals surface area (Å²) in [6.45, 7) is 3.67. The average molecular weight is 594 g/mol. The first-order chi connectivity index (χ1) is 21.2. The van der Waals surface area contributed by atoms with E-state index in [1.165, 1.54) is 0 Å². The Morgan fingerprint density at radius 1 is 0.727 bits per heavy atom. The van der Waals surface area contributed by atoms with Crippen molar-refractivity contribution in [3.63, 3.8) is 0 Å². The highest BCUT2D eigenvalue weighted by molar-refractivity contribution is 6.43. The Kier molecular flexibility index (Phi) is 11.6. The molecule has 0 saturated carbocycles. The zero-order chi connectivity index (χ0) is 31.5. The Bertz CT molecular complexity index is 1480. The van der Waals surface area contributed by atoms with Gasteiger partial charge in [-0.05, 0) is 58.9 Å². The number of anilines is 1. The number of ether oxygens (including phenoxy) is 1. The molecule has 4 aromatic rings. The Balaban J connectivity index is 1.54. The second-order valence-corrected chi connectivity index (χ2v) is 11.1. The Hall–Kier alpha value is -4.60. The zero-order valence-corrected chi connectivity index (χ0v) is 25.3. The highest BCUT2D eigenvalue weighted by Gasteiger charge is 2.32. The molecule has 4 aromatic carbocycles. The molecular formula is C35H40BN3O5. The third-order valence-electron chi connectivity index (χ3n) is 7.46. The van der Waals surface area contributed by atoms with Crippen LogP contribution in [-0.2, 0) is 22.4 Å². The number of amides is 2. The van der Waals surface area contributed by atoms with Gasteiger partial charge in [0.05, 0.1) is 13.1 Å². The van der Waals surface area contributed by atoms with Crippen LogP contribution in [0.4, 0.5) is 5.69 Å². The van der Waals surface area contributed by atoms with Gasteiger partial charge in [-0.3, -0.25) is 9.59 Å². The molecule has 0 saturated heterocycles. The lowest BCUT2D eigenvalue weighted by molar-refractivity contribution is -0.130. The first kappa shape index (κ1) is 32.3. The van der Waals surface area contributed by atoms with Crippen LogP contribution in [-0.4, -0.2) is 54.1 Å². The lowest BCUT2D eigenvalue weighted by atomic mass is 9.75. The number of methoxy groups -OCH3 is 1. The van der Waals surface area contributed by atoms with Crippen LogP contribution in [0.2, 0.25) is 0 Å². The predicted octanol–water partition coefficient (Wildman–Crippen LogP) is 4.27. The highest BCUT2D eigenvalue weighted by Crippen LogP contribution is 2.24. The fraction of sp³-hybridized carbons (Fsp3) is 0.257. The van der Waals surface area contributed by atoms with Gasteiger partial charge in [0, 0.05) is 12.1 Å². The molecule has 228 valence electrons. The van der Waals surface area contributed by atoms with Crippen LogP contribution in [0.3, 0.4) is 0 Å². The van der Waals surface area contributed by atoms with E-state index < -0.39 is 31.1 Å². The molecule has 0 radical (unpaired) electrons. The van der Waals surface area contributed by atoms with Gasteiger partial charge in [-0.2, -0.15) is 0 Å². The van der Waals surface area contributed by atoms with E-state index in [9.17, 15) is 19.6 Å². The number of rotatable bonds is 14. The van der Waals surface area contributed by atoms with Gasteiger partial charge in [0.2, 0.25) is 11.8 Å². The lowest BCUT2D eigenvalue weighted by Crippen LogP contribution is -2.58. The van der Waals surface area contributed by atoms with Crippen molar-refractivity contribution in [2.75, 3.05) is 12.4 Å². The standard InChI is InChI=1S/C35H40BN3O5/c1-24(2)33(35(41)38-32(36(42)43)22-25-11-6-4-7-12-25)39-34(40)31(21-26-17-19-30(44-3)20-18-26)37-29-16-10-15-28(23-29)27-13-8-5-9-14-27/h4-20,23-24,31-33,37,42-43H,21-22H2,1-3H3,(H,38,41)(H,39,40)/t31-,32-,33-/m0/s1. The molecule has 0 spiro atoms. The Morgan fingerprint density at radius 3 is 1.95 bits per heavy atom. The maximum Gasteiger partial charge on any atom is 0.475 e. The largest absolute Gasteiger partial charge is 0.497 e. The third-order valence-corrected chi connectivity index (χ3v) is 7.46. The van der Waals surface area contributed by atoms with Crippen molar-refractivity contribution in [1.29, 1.82) is 0 Å². The van der Waals surface area contributed by atoms with E-state index in [2.05, 4.69) is 16.0 Å². The summed E-state index contributed by atoms with van der Waals surface area (Å²) in [6.07, 6.45) is 0.576. The van der Waals surface area contributed by atoms with Crippen LogP contribution < -0.4 is 20.7 Å². The SMILES string of the molecule is COc1ccc(C[C@H](Nc2cccc(-c3ccccc3)c2)C(=O)N[C@H](C(=O)N[C@@H](Cc2ccccc2)B(O)O)C(C)C)cc1. The third kappa shape index (κ3) is 9.20. The second-order valence-electron chi connectivity index (χ2n) is 11.1. The van der Waals surface area contributed by atoms with Crippen LogP contribution in [0.1, 0.15) is 25.0 Å². The topological polar surface area (TPSA) is 120 Å². The summed E-state index contributed by atoms with van der Waals surface area (Å²) < 4.78 is 5.29. The van der Waals surface area contributed by atoms with Crippen LogP contribution in [0.15, 0.2) is 109 Å². The highest BCUT2D eigenvalue weighted by atomic mass is 16.5. The summed E-state index contributed by atoms with van der Waals surface area (Å²) in [4.78, 5) is 27.3. The first-order valence-electron chi connectivity index (χ1n) is 14.8. The molecule has 9 heteroatoms. The fourth-order valence-corrected chi connectivity index (χ4v) is 4.99. The minimum absolute atomic E-state index is 0.225. The van der Waals surface area contributed by atoms with Crippen molar-refractivity contribution >= 4 is 24.6 Å². The number of benzene rings is 4. The van der Waals surface area contributed by atoms with Crippen molar-refractivity contribution in [3.05, 3.63) is 120 Å². The van der Waals surface area contributed by atoms with Crippen LogP contribution in [0.5, 0.6) is 5.75 Å². The molecule has 0 aliphatic rings. The molecule has 3 atom stereocenters. The van der Waals surface area contributed by atoms with E-state index in [0.717, 1.165) is 27.9 Å². The Labute approximate surface area is 259 Å². The first-order valence-corrected chi connectivity index (χ1v) is 14.8. The molecule has 4 rings (SSSR count). The molecular weight excluding hydrogens is 553 g/mol. The minimum Gasteiger partial charge on any atom is -0.497 e. The number of nitrogens with one attached hydrogen (secondary N) is 3. The van der Waals surface area contributed by atoms with E-state index in [1.807, 2.05) is 123 Å². The van der Waals surface area contributed by atoms with Crippen molar-refractivity contribution in [1.82, 2.24) is 10.6 Å². The second kappa shape index (κ2) is 15.8. The zero-order valence-electron chi connectivity index (χ0n) is 25.3. The maximum absolute atomic E-state index is 13.9. The summed E-state index contributed by atoms with van der Waals surface area (Å²) in [5.41, 5.74) is 4.58. The molecule has 8 nitrogen and oxygen atoms in total. The van der Waals surface area contributed by atoms with Crippen LogP contribution >= 0.6 is 0 Å². The summed E-state index contributed by atoms with van der Waals surface area (Å²) in [6, 6.07) is 33.0. The molecule has 0 aliphatic heterocycles. The molecule has 0 unspecified atom stereocenters. The van der Waals surface area contributed by atoms with E-state index in [1.54, 1.807) is 7.11 Å². The molecule has 2 amide bonds. The smallest absolute Gasteiger partial charge is 0.475 e. The molecule has 44 heavy (non-hydrogen) atoms. The molecule has 0 bridgehead atoms. The Morgan fingerprint density at radius 2 is 1.34 bits per heavy atom. The summed E-state index contributed by atoms with van der Waals surface area (Å²) in [7, 11) is -0.173. The van der Waals surface area contributed by atoms with Crippen molar-refractivity contribution < 1.29 is 24.4 Å². The quantitative estimate of drug-likeness (QED) is 0.139. The van der Waals surface area contributed by atoms with Gasteiger partial charge in [0.1, 0.15) is 17.8 Å². The monoisotopic (exact) mass is 593 g/mol. The number of carbonyl (C=O) groups is 2. The van der Waals surface area contributed by atoms with E-state index in [-0.39, 0.29) is 18.2 Å². The van der Waals surface area contributed by atoms with E-state index in [4.69, 9.17) is 4.74 Å². The normalized spacial score (nSPS) is 13.0. The van der Waals surface area contributed by atoms with Crippen LogP contribution in [0.25, 0.3) is 11.1 Å².